The molecule has 2 aromatic rings. The minimum atomic E-state index is -0.681. The number of imide groups is 1. The number of piperazine rings is 1. The molecule has 0 unspecified atom stereocenters. The molecule has 9 heteroatoms. The second-order valence-electron chi connectivity index (χ2n) is 9.15. The van der Waals surface area contributed by atoms with Crippen LogP contribution < -0.4 is 14.8 Å². The lowest BCUT2D eigenvalue weighted by Gasteiger charge is -2.34. The normalized spacial score (nSPS) is 19.8. The van der Waals surface area contributed by atoms with Crippen LogP contribution in [0.4, 0.5) is 4.79 Å². The van der Waals surface area contributed by atoms with E-state index in [4.69, 9.17) is 9.47 Å². The molecule has 0 spiro atoms. The highest BCUT2D eigenvalue weighted by Gasteiger charge is 2.38. The number of nitrogens with one attached hydrogen (secondary N) is 1. The van der Waals surface area contributed by atoms with Gasteiger partial charge < -0.3 is 19.7 Å². The smallest absolute Gasteiger partial charge is 0.325 e. The summed E-state index contributed by atoms with van der Waals surface area (Å²) in [6.07, 6.45) is 4.78. The molecule has 0 aromatic heterocycles. The van der Waals surface area contributed by atoms with Gasteiger partial charge in [-0.2, -0.15) is 0 Å². The van der Waals surface area contributed by atoms with Crippen LogP contribution in [-0.4, -0.2) is 78.1 Å². The molecule has 0 saturated carbocycles. The molecule has 3 aliphatic heterocycles. The van der Waals surface area contributed by atoms with Crippen LogP contribution in [0, 0.1) is 0 Å². The maximum atomic E-state index is 12.8. The lowest BCUT2D eigenvalue weighted by molar-refractivity contribution is -0.133. The third-order valence-corrected chi connectivity index (χ3v) is 6.73. The number of ether oxygens (including phenoxy) is 2. The minimum Gasteiger partial charge on any atom is -0.454 e. The molecule has 36 heavy (non-hydrogen) atoms. The van der Waals surface area contributed by atoms with Gasteiger partial charge in [-0.1, -0.05) is 48.6 Å². The van der Waals surface area contributed by atoms with Gasteiger partial charge in [-0.3, -0.25) is 19.4 Å². The predicted octanol–water partition coefficient (Wildman–Crippen LogP) is 2.47. The van der Waals surface area contributed by atoms with Crippen molar-refractivity contribution in [3.63, 3.8) is 0 Å². The van der Waals surface area contributed by atoms with Gasteiger partial charge >= 0.3 is 6.03 Å². The number of hydrogen-bond acceptors (Lipinski definition) is 6. The zero-order valence-corrected chi connectivity index (χ0v) is 20.1. The van der Waals surface area contributed by atoms with Crippen LogP contribution in [0.15, 0.2) is 54.6 Å². The number of amides is 4. The van der Waals surface area contributed by atoms with E-state index in [-0.39, 0.29) is 31.6 Å². The largest absolute Gasteiger partial charge is 0.454 e. The number of nitrogens with zero attached hydrogens (tertiary/aromatic N) is 3. The maximum absolute atomic E-state index is 12.8. The first-order chi connectivity index (χ1) is 17.6. The van der Waals surface area contributed by atoms with Crippen molar-refractivity contribution >= 4 is 23.9 Å². The topological polar surface area (TPSA) is 91.4 Å². The number of rotatable bonds is 8. The van der Waals surface area contributed by atoms with Crippen molar-refractivity contribution in [2.75, 3.05) is 39.5 Å². The third-order valence-electron chi connectivity index (χ3n) is 6.73. The summed E-state index contributed by atoms with van der Waals surface area (Å²) in [5, 5.41) is 2.72. The SMILES string of the molecule is O=C(CC[C@H]1NC(=O)N(Cc2ccc3c(c2)OCO3)C1=O)N1CCN(C/C=C/c2ccccc2)CC1. The van der Waals surface area contributed by atoms with Crippen molar-refractivity contribution < 1.29 is 23.9 Å². The van der Waals surface area contributed by atoms with E-state index in [0.29, 0.717) is 31.0 Å². The Morgan fingerprint density at radius 3 is 2.58 bits per heavy atom. The number of carbonyl (C=O) groups excluding carboxylic acids is 3. The van der Waals surface area contributed by atoms with Crippen LogP contribution in [0.2, 0.25) is 0 Å². The molecule has 2 saturated heterocycles. The lowest BCUT2D eigenvalue weighted by Crippen LogP contribution is -2.48. The van der Waals surface area contributed by atoms with Gasteiger partial charge in [-0.05, 0) is 29.7 Å². The molecule has 0 aliphatic carbocycles. The van der Waals surface area contributed by atoms with Crippen LogP contribution in [0.5, 0.6) is 11.5 Å². The van der Waals surface area contributed by atoms with Crippen LogP contribution in [-0.2, 0) is 16.1 Å². The molecule has 2 fully saturated rings. The van der Waals surface area contributed by atoms with E-state index in [1.54, 1.807) is 12.1 Å². The summed E-state index contributed by atoms with van der Waals surface area (Å²) in [5.74, 6) is 0.970. The second-order valence-corrected chi connectivity index (χ2v) is 9.15. The molecular formula is C27H30N4O5. The molecule has 3 aliphatic rings. The Hall–Kier alpha value is -3.85. The first-order valence-electron chi connectivity index (χ1n) is 12.3. The van der Waals surface area contributed by atoms with Crippen molar-refractivity contribution in [1.29, 1.82) is 0 Å². The highest BCUT2D eigenvalue weighted by Crippen LogP contribution is 2.33. The van der Waals surface area contributed by atoms with Crippen molar-refractivity contribution in [3.05, 3.63) is 65.7 Å². The van der Waals surface area contributed by atoms with E-state index < -0.39 is 12.1 Å². The Labute approximate surface area is 210 Å². The first-order valence-corrected chi connectivity index (χ1v) is 12.3. The van der Waals surface area contributed by atoms with Gasteiger partial charge in [-0.15, -0.1) is 0 Å². The molecule has 0 radical (unpaired) electrons. The first kappa shape index (κ1) is 23.9. The van der Waals surface area contributed by atoms with Crippen molar-refractivity contribution in [1.82, 2.24) is 20.0 Å². The summed E-state index contributed by atoms with van der Waals surface area (Å²) >= 11 is 0. The standard InChI is InChI=1S/C27H30N4O5/c32-25(30-15-13-29(14-16-30)12-4-7-20-5-2-1-3-6-20)11-9-22-26(33)31(27(34)28-22)18-21-8-10-23-24(17-21)36-19-35-23/h1-8,10,17,22H,9,11-16,18-19H2,(H,28,34)/b7-4+/t22-/m1/s1. The molecule has 188 valence electrons. The highest BCUT2D eigenvalue weighted by atomic mass is 16.7. The third kappa shape index (κ3) is 5.52. The number of urea groups is 1. The van der Waals surface area contributed by atoms with Crippen LogP contribution in [0.25, 0.3) is 6.08 Å². The molecule has 5 rings (SSSR count). The summed E-state index contributed by atoms with van der Waals surface area (Å²) in [7, 11) is 0. The Morgan fingerprint density at radius 2 is 1.78 bits per heavy atom. The van der Waals surface area contributed by atoms with Crippen LogP contribution >= 0.6 is 0 Å². The molecule has 1 atom stereocenters. The Balaban J connectivity index is 1.05. The van der Waals surface area contributed by atoms with Gasteiger partial charge in [0.05, 0.1) is 6.54 Å². The lowest BCUT2D eigenvalue weighted by atomic mass is 10.1. The van der Waals surface area contributed by atoms with E-state index in [9.17, 15) is 14.4 Å². The van der Waals surface area contributed by atoms with Crippen LogP contribution in [0.3, 0.4) is 0 Å². The molecule has 9 nitrogen and oxygen atoms in total. The van der Waals surface area contributed by atoms with Gasteiger partial charge in [0, 0.05) is 39.1 Å². The van der Waals surface area contributed by atoms with E-state index in [0.717, 1.165) is 25.2 Å². The summed E-state index contributed by atoms with van der Waals surface area (Å²) in [5.41, 5.74) is 1.95. The molecule has 4 amide bonds. The van der Waals surface area contributed by atoms with Crippen molar-refractivity contribution in [2.45, 2.75) is 25.4 Å². The number of benzene rings is 2. The quantitative estimate of drug-likeness (QED) is 0.572. The van der Waals surface area contributed by atoms with Crippen molar-refractivity contribution in [2.24, 2.45) is 0 Å². The minimum absolute atomic E-state index is 0.0192. The number of fused-ring (bicyclic) bond motifs is 1. The Morgan fingerprint density at radius 1 is 1.00 bits per heavy atom. The van der Waals surface area contributed by atoms with E-state index in [1.165, 1.54) is 10.5 Å². The zero-order chi connectivity index (χ0) is 24.9. The Bertz CT molecular complexity index is 1140. The molecule has 2 aromatic carbocycles. The summed E-state index contributed by atoms with van der Waals surface area (Å²) < 4.78 is 10.7. The maximum Gasteiger partial charge on any atom is 0.325 e. The highest BCUT2D eigenvalue weighted by molar-refractivity contribution is 6.04. The monoisotopic (exact) mass is 490 g/mol. The van der Waals surface area contributed by atoms with Gasteiger partial charge in [0.1, 0.15) is 6.04 Å². The number of hydrogen-bond donors (Lipinski definition) is 1. The molecular weight excluding hydrogens is 460 g/mol. The van der Waals surface area contributed by atoms with E-state index in [2.05, 4.69) is 34.5 Å². The zero-order valence-electron chi connectivity index (χ0n) is 20.1. The second kappa shape index (κ2) is 10.8. The van der Waals surface area contributed by atoms with E-state index >= 15 is 0 Å². The van der Waals surface area contributed by atoms with Gasteiger partial charge in [0.25, 0.3) is 5.91 Å². The number of carbonyl (C=O) groups is 3. The summed E-state index contributed by atoms with van der Waals surface area (Å²) in [6, 6.07) is 14.4. The molecule has 0 bridgehead atoms. The van der Waals surface area contributed by atoms with E-state index in [1.807, 2.05) is 29.2 Å². The molecule has 1 N–H and O–H groups in total. The summed E-state index contributed by atoms with van der Waals surface area (Å²) in [4.78, 5) is 43.4. The Kier molecular flexibility index (Phi) is 7.18. The predicted molar refractivity (Wildman–Crippen MR) is 133 cm³/mol. The molecule has 3 heterocycles. The van der Waals surface area contributed by atoms with Gasteiger partial charge in [0.15, 0.2) is 11.5 Å². The fourth-order valence-corrected chi connectivity index (χ4v) is 4.65. The fraction of sp³-hybridized carbons (Fsp3) is 0.370. The van der Waals surface area contributed by atoms with Gasteiger partial charge in [-0.25, -0.2) is 4.79 Å². The summed E-state index contributed by atoms with van der Waals surface area (Å²) in [6.45, 7) is 4.11. The average molecular weight is 491 g/mol. The van der Waals surface area contributed by atoms with Gasteiger partial charge in [0.2, 0.25) is 12.7 Å². The van der Waals surface area contributed by atoms with Crippen LogP contribution in [0.1, 0.15) is 24.0 Å². The van der Waals surface area contributed by atoms with Crippen molar-refractivity contribution in [3.8, 4) is 11.5 Å². The fourth-order valence-electron chi connectivity index (χ4n) is 4.65. The average Bonchev–Trinajstić information content (AvgIpc) is 3.48.